The fourth-order valence-corrected chi connectivity index (χ4v) is 5.14. The predicted molar refractivity (Wildman–Crippen MR) is 120 cm³/mol. The third kappa shape index (κ3) is 4.68. The van der Waals surface area contributed by atoms with E-state index in [0.717, 1.165) is 38.6 Å². The van der Waals surface area contributed by atoms with Gasteiger partial charge in [-0.25, -0.2) is 8.42 Å². The molecule has 2 heterocycles. The average Bonchev–Trinajstić information content (AvgIpc) is 3.63. The molecule has 0 radical (unpaired) electrons. The Kier molecular flexibility index (Phi) is 5.69. The van der Waals surface area contributed by atoms with Gasteiger partial charge in [-0.15, -0.1) is 0 Å². The van der Waals surface area contributed by atoms with Crippen molar-refractivity contribution in [1.29, 1.82) is 0 Å². The number of amides is 1. The Morgan fingerprint density at radius 1 is 0.938 bits per heavy atom. The fraction of sp³-hybridized carbons (Fsp3) is 0.435. The molecule has 2 fully saturated rings. The van der Waals surface area contributed by atoms with E-state index in [1.807, 2.05) is 4.90 Å². The zero-order valence-corrected chi connectivity index (χ0v) is 18.6. The van der Waals surface area contributed by atoms with Crippen LogP contribution in [0.25, 0.3) is 0 Å². The quantitative estimate of drug-likeness (QED) is 0.717. The van der Waals surface area contributed by atoms with Gasteiger partial charge in [-0.2, -0.15) is 0 Å². The van der Waals surface area contributed by atoms with E-state index in [-0.39, 0.29) is 10.8 Å². The van der Waals surface area contributed by atoms with Gasteiger partial charge in [0.25, 0.3) is 15.9 Å². The van der Waals surface area contributed by atoms with Crippen molar-refractivity contribution in [3.8, 4) is 11.5 Å². The second-order valence-corrected chi connectivity index (χ2v) is 10.2. The molecular formula is C23H27N3O5S. The Bertz CT molecular complexity index is 1090. The van der Waals surface area contributed by atoms with Gasteiger partial charge in [0.05, 0.1) is 4.90 Å². The van der Waals surface area contributed by atoms with Crippen LogP contribution in [0.4, 0.5) is 5.69 Å². The lowest BCUT2D eigenvalue weighted by molar-refractivity contribution is 0.0632. The number of sulfonamides is 1. The largest absolute Gasteiger partial charge is 0.486 e. The number of anilines is 1. The van der Waals surface area contributed by atoms with Gasteiger partial charge < -0.3 is 14.4 Å². The van der Waals surface area contributed by atoms with Crippen LogP contribution in [0.2, 0.25) is 0 Å². The first kappa shape index (κ1) is 21.1. The molecule has 170 valence electrons. The lowest BCUT2D eigenvalue weighted by Gasteiger charge is -2.34. The van der Waals surface area contributed by atoms with Crippen LogP contribution in [0.5, 0.6) is 11.5 Å². The minimum absolute atomic E-state index is 0.0164. The molecule has 9 heteroatoms. The van der Waals surface area contributed by atoms with Crippen LogP contribution in [0, 0.1) is 5.92 Å². The van der Waals surface area contributed by atoms with Crippen molar-refractivity contribution in [2.75, 3.05) is 50.7 Å². The van der Waals surface area contributed by atoms with Crippen LogP contribution in [-0.4, -0.2) is 70.1 Å². The number of nitrogens with one attached hydrogen (secondary N) is 1. The van der Waals surface area contributed by atoms with E-state index < -0.39 is 10.0 Å². The summed E-state index contributed by atoms with van der Waals surface area (Å²) < 4.78 is 39.0. The maximum Gasteiger partial charge on any atom is 0.262 e. The molecule has 2 aliphatic heterocycles. The molecule has 32 heavy (non-hydrogen) atoms. The van der Waals surface area contributed by atoms with Gasteiger partial charge in [0.15, 0.2) is 11.5 Å². The molecule has 0 unspecified atom stereocenters. The van der Waals surface area contributed by atoms with Gasteiger partial charge in [-0.3, -0.25) is 14.4 Å². The highest BCUT2D eigenvalue weighted by atomic mass is 32.2. The lowest BCUT2D eigenvalue weighted by atomic mass is 10.1. The van der Waals surface area contributed by atoms with Crippen LogP contribution in [0.1, 0.15) is 23.2 Å². The molecule has 0 spiro atoms. The third-order valence-electron chi connectivity index (χ3n) is 6.08. The highest BCUT2D eigenvalue weighted by molar-refractivity contribution is 7.92. The molecular weight excluding hydrogens is 430 g/mol. The van der Waals surface area contributed by atoms with E-state index in [4.69, 9.17) is 9.47 Å². The lowest BCUT2D eigenvalue weighted by Crippen LogP contribution is -2.49. The number of carbonyl (C=O) groups excluding carboxylic acids is 1. The Balaban J connectivity index is 1.21. The summed E-state index contributed by atoms with van der Waals surface area (Å²) in [5.74, 6) is 1.79. The van der Waals surface area contributed by atoms with Crippen LogP contribution in [0.15, 0.2) is 47.4 Å². The SMILES string of the molecule is O=C(c1ccc(NS(=O)(=O)c2ccc3c(c2)OCCO3)cc1)N1CCN(CC2CC2)CC1. The molecule has 5 rings (SSSR count). The van der Waals surface area contributed by atoms with Crippen molar-refractivity contribution in [2.24, 2.45) is 5.92 Å². The first-order valence-corrected chi connectivity index (χ1v) is 12.5. The number of rotatable bonds is 6. The molecule has 1 N–H and O–H groups in total. The number of benzene rings is 2. The van der Waals surface area contributed by atoms with E-state index in [1.165, 1.54) is 25.0 Å². The summed E-state index contributed by atoms with van der Waals surface area (Å²) in [7, 11) is -3.80. The van der Waals surface area contributed by atoms with Crippen LogP contribution in [-0.2, 0) is 10.0 Å². The zero-order valence-electron chi connectivity index (χ0n) is 17.8. The number of piperazine rings is 1. The molecule has 1 saturated carbocycles. The second kappa shape index (κ2) is 8.63. The third-order valence-corrected chi connectivity index (χ3v) is 7.46. The highest BCUT2D eigenvalue weighted by Crippen LogP contribution is 2.33. The van der Waals surface area contributed by atoms with Gasteiger partial charge >= 0.3 is 0 Å². The molecule has 0 bridgehead atoms. The monoisotopic (exact) mass is 457 g/mol. The summed E-state index contributed by atoms with van der Waals surface area (Å²) in [5.41, 5.74) is 0.952. The predicted octanol–water partition coefficient (Wildman–Crippen LogP) is 2.43. The maximum absolute atomic E-state index is 12.8. The van der Waals surface area contributed by atoms with Crippen molar-refractivity contribution < 1.29 is 22.7 Å². The van der Waals surface area contributed by atoms with E-state index >= 15 is 0 Å². The summed E-state index contributed by atoms with van der Waals surface area (Å²) in [6.45, 7) is 5.26. The van der Waals surface area contributed by atoms with Crippen molar-refractivity contribution in [3.05, 3.63) is 48.0 Å². The van der Waals surface area contributed by atoms with Crippen molar-refractivity contribution in [3.63, 3.8) is 0 Å². The number of carbonyl (C=O) groups is 1. The van der Waals surface area contributed by atoms with E-state index in [0.29, 0.717) is 36.0 Å². The first-order valence-electron chi connectivity index (χ1n) is 11.0. The van der Waals surface area contributed by atoms with Gasteiger partial charge in [0.2, 0.25) is 0 Å². The highest BCUT2D eigenvalue weighted by Gasteiger charge is 2.28. The molecule has 1 aliphatic carbocycles. The summed E-state index contributed by atoms with van der Waals surface area (Å²) in [6, 6.07) is 11.1. The molecule has 1 amide bonds. The maximum atomic E-state index is 12.8. The molecule has 0 atom stereocenters. The van der Waals surface area contributed by atoms with Gasteiger partial charge in [0.1, 0.15) is 13.2 Å². The normalized spacial score (nSPS) is 18.9. The van der Waals surface area contributed by atoms with Crippen molar-refractivity contribution >= 4 is 21.6 Å². The van der Waals surface area contributed by atoms with Crippen LogP contribution < -0.4 is 14.2 Å². The van der Waals surface area contributed by atoms with Crippen LogP contribution in [0.3, 0.4) is 0 Å². The molecule has 0 aromatic heterocycles. The molecule has 3 aliphatic rings. The standard InChI is InChI=1S/C23H27N3O5S/c27-23(26-11-9-25(10-12-26)16-17-1-2-17)18-3-5-19(6-4-18)24-32(28,29)20-7-8-21-22(15-20)31-14-13-30-21/h3-8,15,17,24H,1-2,9-14,16H2. The van der Waals surface area contributed by atoms with Gasteiger partial charge in [-0.1, -0.05) is 0 Å². The van der Waals surface area contributed by atoms with Crippen LogP contribution >= 0.6 is 0 Å². The fourth-order valence-electron chi connectivity index (χ4n) is 4.07. The molecule has 2 aromatic rings. The van der Waals surface area contributed by atoms with E-state index in [2.05, 4.69) is 9.62 Å². The number of hydrogen-bond acceptors (Lipinski definition) is 6. The Morgan fingerprint density at radius 2 is 1.62 bits per heavy atom. The zero-order chi connectivity index (χ0) is 22.1. The van der Waals surface area contributed by atoms with E-state index in [1.54, 1.807) is 30.3 Å². The Morgan fingerprint density at radius 3 is 2.31 bits per heavy atom. The summed E-state index contributed by atoms with van der Waals surface area (Å²) in [5, 5.41) is 0. The topological polar surface area (TPSA) is 88.2 Å². The molecule has 2 aromatic carbocycles. The molecule has 1 saturated heterocycles. The van der Waals surface area contributed by atoms with Gasteiger partial charge in [0, 0.05) is 50.0 Å². The minimum atomic E-state index is -3.80. The van der Waals surface area contributed by atoms with Gasteiger partial charge in [-0.05, 0) is 55.2 Å². The number of fused-ring (bicyclic) bond motifs is 1. The number of nitrogens with zero attached hydrogens (tertiary/aromatic N) is 2. The number of ether oxygens (including phenoxy) is 2. The summed E-state index contributed by atoms with van der Waals surface area (Å²) in [4.78, 5) is 17.2. The van der Waals surface area contributed by atoms with Crippen molar-refractivity contribution in [1.82, 2.24) is 9.80 Å². The second-order valence-electron chi connectivity index (χ2n) is 8.52. The summed E-state index contributed by atoms with van der Waals surface area (Å²) in [6.07, 6.45) is 2.67. The minimum Gasteiger partial charge on any atom is -0.486 e. The van der Waals surface area contributed by atoms with E-state index in [9.17, 15) is 13.2 Å². The average molecular weight is 458 g/mol. The Labute approximate surface area is 188 Å². The number of hydrogen-bond donors (Lipinski definition) is 1. The molecule has 8 nitrogen and oxygen atoms in total. The first-order chi connectivity index (χ1) is 15.5. The van der Waals surface area contributed by atoms with Crippen molar-refractivity contribution in [2.45, 2.75) is 17.7 Å². The summed E-state index contributed by atoms with van der Waals surface area (Å²) >= 11 is 0. The Hall–Kier alpha value is -2.78. The smallest absolute Gasteiger partial charge is 0.262 e.